The predicted molar refractivity (Wildman–Crippen MR) is 104 cm³/mol. The normalized spacial score (nSPS) is 13.7. The summed E-state index contributed by atoms with van der Waals surface area (Å²) in [4.78, 5) is 35.3. The van der Waals surface area contributed by atoms with Gasteiger partial charge in [-0.15, -0.1) is 0 Å². The lowest BCUT2D eigenvalue weighted by Crippen LogP contribution is -2.55. The molecule has 2 atom stereocenters. The van der Waals surface area contributed by atoms with Crippen LogP contribution in [-0.4, -0.2) is 34.4 Å². The quantitative estimate of drug-likeness (QED) is 0.470. The van der Waals surface area contributed by atoms with E-state index in [4.69, 9.17) is 5.73 Å². The summed E-state index contributed by atoms with van der Waals surface area (Å²) in [5, 5.41) is 16.4. The van der Waals surface area contributed by atoms with Crippen LogP contribution in [0, 0.1) is 16.0 Å². The molecule has 27 heavy (non-hydrogen) atoms. The van der Waals surface area contributed by atoms with Crippen LogP contribution in [0.1, 0.15) is 46.6 Å². The molecule has 0 aliphatic heterocycles. The number of nitrogens with one attached hydrogen (secondary N) is 2. The van der Waals surface area contributed by atoms with Crippen LogP contribution in [0.15, 0.2) is 24.3 Å². The van der Waals surface area contributed by atoms with E-state index in [9.17, 15) is 19.7 Å². The maximum Gasteiger partial charge on any atom is 0.269 e. The standard InChI is InChI=1S/C19H30N4O4/c1-12(2)10-15(20)17(24)21-16(18(25)22-19(3,4)5)11-13-6-8-14(9-7-13)23(26)27/h6-9,12,15-16H,10-11,20H2,1-5H3,(H,21,24)(H,22,25). The number of hydrogen-bond acceptors (Lipinski definition) is 5. The maximum atomic E-state index is 12.6. The number of amides is 2. The molecule has 8 nitrogen and oxygen atoms in total. The van der Waals surface area contributed by atoms with Crippen molar-refractivity contribution in [1.82, 2.24) is 10.6 Å². The topological polar surface area (TPSA) is 127 Å². The first-order valence-electron chi connectivity index (χ1n) is 9.00. The van der Waals surface area contributed by atoms with E-state index in [1.807, 2.05) is 34.6 Å². The van der Waals surface area contributed by atoms with E-state index in [-0.39, 0.29) is 29.8 Å². The van der Waals surface area contributed by atoms with Crippen molar-refractivity contribution >= 4 is 17.5 Å². The van der Waals surface area contributed by atoms with Crippen molar-refractivity contribution in [3.63, 3.8) is 0 Å². The molecule has 2 unspecified atom stereocenters. The summed E-state index contributed by atoms with van der Waals surface area (Å²) in [7, 11) is 0. The number of rotatable bonds is 8. The van der Waals surface area contributed by atoms with Crippen LogP contribution >= 0.6 is 0 Å². The summed E-state index contributed by atoms with van der Waals surface area (Å²) in [6, 6.07) is 4.38. The highest BCUT2D eigenvalue weighted by Crippen LogP contribution is 2.14. The van der Waals surface area contributed by atoms with Crippen molar-refractivity contribution in [2.45, 2.75) is 65.1 Å². The van der Waals surface area contributed by atoms with Gasteiger partial charge >= 0.3 is 0 Å². The number of nitro benzene ring substituents is 1. The minimum atomic E-state index is -0.823. The van der Waals surface area contributed by atoms with Gasteiger partial charge in [0, 0.05) is 24.1 Å². The first-order valence-corrected chi connectivity index (χ1v) is 9.00. The number of carbonyl (C=O) groups is 2. The fourth-order valence-corrected chi connectivity index (χ4v) is 2.55. The number of benzene rings is 1. The average molecular weight is 378 g/mol. The first kappa shape index (κ1) is 22.6. The molecule has 0 saturated heterocycles. The molecule has 2 amide bonds. The Morgan fingerprint density at radius 1 is 1.15 bits per heavy atom. The van der Waals surface area contributed by atoms with Crippen LogP contribution in [0.25, 0.3) is 0 Å². The van der Waals surface area contributed by atoms with Crippen LogP contribution in [0.4, 0.5) is 5.69 Å². The number of nitrogens with zero attached hydrogens (tertiary/aromatic N) is 1. The Morgan fingerprint density at radius 2 is 1.70 bits per heavy atom. The van der Waals surface area contributed by atoms with Gasteiger partial charge in [-0.3, -0.25) is 19.7 Å². The summed E-state index contributed by atoms with van der Waals surface area (Å²) in [6.45, 7) is 9.47. The van der Waals surface area contributed by atoms with Gasteiger partial charge in [0.25, 0.3) is 5.69 Å². The van der Waals surface area contributed by atoms with E-state index in [0.29, 0.717) is 12.0 Å². The molecule has 0 aliphatic carbocycles. The van der Waals surface area contributed by atoms with Crippen molar-refractivity contribution in [3.8, 4) is 0 Å². The smallest absolute Gasteiger partial charge is 0.269 e. The molecule has 1 aromatic rings. The second-order valence-electron chi connectivity index (χ2n) is 8.16. The molecule has 0 bridgehead atoms. The molecular weight excluding hydrogens is 348 g/mol. The largest absolute Gasteiger partial charge is 0.350 e. The van der Waals surface area contributed by atoms with Crippen LogP contribution in [0.3, 0.4) is 0 Å². The molecule has 4 N–H and O–H groups in total. The zero-order valence-electron chi connectivity index (χ0n) is 16.6. The van der Waals surface area contributed by atoms with E-state index in [2.05, 4.69) is 10.6 Å². The zero-order valence-corrected chi connectivity index (χ0v) is 16.6. The second-order valence-corrected chi connectivity index (χ2v) is 8.16. The van der Waals surface area contributed by atoms with Crippen LogP contribution in [0.2, 0.25) is 0 Å². The number of non-ortho nitro benzene ring substituents is 1. The van der Waals surface area contributed by atoms with Gasteiger partial charge in [-0.25, -0.2) is 0 Å². The van der Waals surface area contributed by atoms with E-state index in [1.165, 1.54) is 12.1 Å². The summed E-state index contributed by atoms with van der Waals surface area (Å²) < 4.78 is 0. The second kappa shape index (κ2) is 9.45. The molecule has 0 fully saturated rings. The van der Waals surface area contributed by atoms with Crippen LogP contribution in [-0.2, 0) is 16.0 Å². The van der Waals surface area contributed by atoms with Crippen molar-refractivity contribution < 1.29 is 14.5 Å². The van der Waals surface area contributed by atoms with Gasteiger partial charge in [0.05, 0.1) is 11.0 Å². The van der Waals surface area contributed by atoms with Crippen molar-refractivity contribution in [2.24, 2.45) is 11.7 Å². The molecule has 0 saturated carbocycles. The lowest BCUT2D eigenvalue weighted by atomic mass is 10.0. The lowest BCUT2D eigenvalue weighted by molar-refractivity contribution is -0.384. The number of nitrogens with two attached hydrogens (primary N) is 1. The zero-order chi connectivity index (χ0) is 20.8. The van der Waals surface area contributed by atoms with Gasteiger partial charge in [-0.05, 0) is 38.7 Å². The van der Waals surface area contributed by atoms with Crippen LogP contribution in [0.5, 0.6) is 0 Å². The Kier molecular flexibility index (Phi) is 7.90. The highest BCUT2D eigenvalue weighted by atomic mass is 16.6. The molecular formula is C19H30N4O4. The first-order chi connectivity index (χ1) is 12.4. The Morgan fingerprint density at radius 3 is 2.15 bits per heavy atom. The van der Waals surface area contributed by atoms with Gasteiger partial charge in [-0.2, -0.15) is 0 Å². The summed E-state index contributed by atoms with van der Waals surface area (Å²) in [6.07, 6.45) is 0.719. The van der Waals surface area contributed by atoms with E-state index >= 15 is 0 Å². The summed E-state index contributed by atoms with van der Waals surface area (Å²) >= 11 is 0. The number of hydrogen-bond donors (Lipinski definition) is 3. The fourth-order valence-electron chi connectivity index (χ4n) is 2.55. The van der Waals surface area contributed by atoms with Crippen molar-refractivity contribution in [1.29, 1.82) is 0 Å². The van der Waals surface area contributed by atoms with Gasteiger partial charge in [-0.1, -0.05) is 26.0 Å². The number of carbonyl (C=O) groups excluding carboxylic acids is 2. The molecule has 0 heterocycles. The van der Waals surface area contributed by atoms with Crippen molar-refractivity contribution in [3.05, 3.63) is 39.9 Å². The third-order valence-electron chi connectivity index (χ3n) is 3.78. The van der Waals surface area contributed by atoms with Crippen LogP contribution < -0.4 is 16.4 Å². The van der Waals surface area contributed by atoms with Gasteiger partial charge < -0.3 is 16.4 Å². The highest BCUT2D eigenvalue weighted by Gasteiger charge is 2.27. The molecule has 8 heteroatoms. The third-order valence-corrected chi connectivity index (χ3v) is 3.78. The SMILES string of the molecule is CC(C)CC(N)C(=O)NC(Cc1ccc([N+](=O)[O-])cc1)C(=O)NC(C)(C)C. The lowest BCUT2D eigenvalue weighted by Gasteiger charge is -2.26. The van der Waals surface area contributed by atoms with E-state index in [0.717, 1.165) is 0 Å². The summed E-state index contributed by atoms with van der Waals surface area (Å²) in [5.41, 5.74) is 6.13. The van der Waals surface area contributed by atoms with Gasteiger partial charge in [0.2, 0.25) is 11.8 Å². The van der Waals surface area contributed by atoms with Gasteiger partial charge in [0.1, 0.15) is 6.04 Å². The predicted octanol–water partition coefficient (Wildman–Crippen LogP) is 1.91. The number of nitro groups is 1. The fraction of sp³-hybridized carbons (Fsp3) is 0.579. The molecule has 1 rings (SSSR count). The van der Waals surface area contributed by atoms with E-state index < -0.39 is 22.5 Å². The minimum absolute atomic E-state index is 0.0302. The summed E-state index contributed by atoms with van der Waals surface area (Å²) in [5.74, 6) is -0.465. The molecule has 0 aromatic heterocycles. The van der Waals surface area contributed by atoms with E-state index in [1.54, 1.807) is 12.1 Å². The average Bonchev–Trinajstić information content (AvgIpc) is 2.52. The Hall–Kier alpha value is -2.48. The monoisotopic (exact) mass is 378 g/mol. The van der Waals surface area contributed by atoms with Crippen molar-refractivity contribution in [2.75, 3.05) is 0 Å². The minimum Gasteiger partial charge on any atom is -0.350 e. The van der Waals surface area contributed by atoms with Gasteiger partial charge in [0.15, 0.2) is 0 Å². The molecule has 1 aromatic carbocycles. The molecule has 150 valence electrons. The molecule has 0 aliphatic rings. The Labute approximate surface area is 160 Å². The molecule has 0 radical (unpaired) electrons. The Bertz CT molecular complexity index is 665. The molecule has 0 spiro atoms. The third kappa shape index (κ3) is 8.17. The highest BCUT2D eigenvalue weighted by molar-refractivity contribution is 5.90. The maximum absolute atomic E-state index is 12.6. The Balaban J connectivity index is 2.94.